The number of hydrogen-bond donors (Lipinski definition) is 2. The first-order valence-electron chi connectivity index (χ1n) is 7.56. The van der Waals surface area contributed by atoms with Crippen LogP contribution in [-0.4, -0.2) is 36.1 Å². The number of aryl methyl sites for hydroxylation is 1. The second-order valence-corrected chi connectivity index (χ2v) is 5.24. The van der Waals surface area contributed by atoms with Gasteiger partial charge in [0.25, 0.3) is 0 Å². The van der Waals surface area contributed by atoms with Gasteiger partial charge in [-0.05, 0) is 30.2 Å². The van der Waals surface area contributed by atoms with Crippen LogP contribution in [0.4, 0.5) is 0 Å². The van der Waals surface area contributed by atoms with Crippen molar-refractivity contribution < 1.29 is 9.47 Å². The normalized spacial score (nSPS) is 13.2. The third kappa shape index (κ3) is 3.74. The third-order valence-electron chi connectivity index (χ3n) is 3.73. The molecule has 0 saturated heterocycles. The topological polar surface area (TPSA) is 72.7 Å². The highest BCUT2D eigenvalue weighted by Gasteiger charge is 2.12. The monoisotopic (exact) mass is 315 g/mol. The molecule has 122 valence electrons. The van der Waals surface area contributed by atoms with E-state index in [4.69, 9.17) is 9.47 Å². The highest BCUT2D eigenvalue weighted by atomic mass is 16.7. The fraction of sp³-hybridized carbons (Fsp3) is 0.375. The maximum Gasteiger partial charge on any atom is 0.231 e. The molecule has 0 bridgehead atoms. The fourth-order valence-electron chi connectivity index (χ4n) is 2.39. The number of guanidine groups is 1. The molecule has 0 amide bonds. The largest absolute Gasteiger partial charge is 0.454 e. The van der Waals surface area contributed by atoms with Gasteiger partial charge in [-0.3, -0.25) is 9.67 Å². The first-order valence-corrected chi connectivity index (χ1v) is 7.56. The Morgan fingerprint density at radius 1 is 1.26 bits per heavy atom. The molecule has 7 heteroatoms. The van der Waals surface area contributed by atoms with Gasteiger partial charge in [-0.1, -0.05) is 6.07 Å². The van der Waals surface area contributed by atoms with E-state index in [0.717, 1.165) is 36.1 Å². The summed E-state index contributed by atoms with van der Waals surface area (Å²) in [6.07, 6.45) is 2.66. The first-order chi connectivity index (χ1) is 11.3. The number of aliphatic imine (C=N–C) groups is 1. The Hall–Kier alpha value is -2.70. The van der Waals surface area contributed by atoms with Crippen molar-refractivity contribution in [1.82, 2.24) is 20.4 Å². The van der Waals surface area contributed by atoms with Crippen molar-refractivity contribution in [3.05, 3.63) is 41.7 Å². The van der Waals surface area contributed by atoms with Crippen molar-refractivity contribution in [2.45, 2.75) is 13.0 Å². The van der Waals surface area contributed by atoms with Crippen molar-refractivity contribution in [3.8, 4) is 11.5 Å². The summed E-state index contributed by atoms with van der Waals surface area (Å²) in [5.41, 5.74) is 2.30. The molecule has 0 saturated carbocycles. The van der Waals surface area contributed by atoms with Gasteiger partial charge in [0.05, 0.1) is 12.2 Å². The van der Waals surface area contributed by atoms with Gasteiger partial charge >= 0.3 is 0 Å². The van der Waals surface area contributed by atoms with E-state index in [2.05, 4.69) is 26.8 Å². The summed E-state index contributed by atoms with van der Waals surface area (Å²) < 4.78 is 12.5. The molecule has 2 heterocycles. The van der Waals surface area contributed by atoms with E-state index < -0.39 is 0 Å². The summed E-state index contributed by atoms with van der Waals surface area (Å²) in [7, 11) is 3.69. The number of rotatable bonds is 5. The van der Waals surface area contributed by atoms with Crippen molar-refractivity contribution in [1.29, 1.82) is 0 Å². The number of benzene rings is 1. The highest BCUT2D eigenvalue weighted by Crippen LogP contribution is 2.32. The molecule has 2 aromatic rings. The Balaban J connectivity index is 1.46. The zero-order valence-corrected chi connectivity index (χ0v) is 13.4. The zero-order valence-electron chi connectivity index (χ0n) is 13.4. The summed E-state index contributed by atoms with van der Waals surface area (Å²) in [5.74, 6) is 2.41. The van der Waals surface area contributed by atoms with Crippen LogP contribution in [-0.2, 0) is 20.0 Å². The summed E-state index contributed by atoms with van der Waals surface area (Å²) in [6, 6.07) is 8.01. The lowest BCUT2D eigenvalue weighted by molar-refractivity contribution is 0.174. The smallest absolute Gasteiger partial charge is 0.231 e. The molecule has 0 aliphatic carbocycles. The molecule has 0 spiro atoms. The van der Waals surface area contributed by atoms with Gasteiger partial charge in [-0.2, -0.15) is 5.10 Å². The molecule has 0 unspecified atom stereocenters. The molecule has 0 fully saturated rings. The molecule has 7 nitrogen and oxygen atoms in total. The van der Waals surface area contributed by atoms with E-state index in [-0.39, 0.29) is 0 Å². The van der Waals surface area contributed by atoms with E-state index in [1.54, 1.807) is 13.2 Å². The molecule has 1 aliphatic heterocycles. The first kappa shape index (κ1) is 15.2. The average Bonchev–Trinajstić information content (AvgIpc) is 3.19. The van der Waals surface area contributed by atoms with Gasteiger partial charge in [0.1, 0.15) is 0 Å². The predicted molar refractivity (Wildman–Crippen MR) is 87.7 cm³/mol. The molecule has 1 aliphatic rings. The van der Waals surface area contributed by atoms with Crippen LogP contribution < -0.4 is 20.1 Å². The Labute approximate surface area is 135 Å². The van der Waals surface area contributed by atoms with Gasteiger partial charge in [0.15, 0.2) is 17.5 Å². The molecule has 0 atom stereocenters. The molecule has 1 aromatic heterocycles. The molecule has 0 radical (unpaired) electrons. The maximum atomic E-state index is 5.39. The zero-order chi connectivity index (χ0) is 16.1. The van der Waals surface area contributed by atoms with Crippen LogP contribution in [0.5, 0.6) is 11.5 Å². The van der Waals surface area contributed by atoms with Gasteiger partial charge in [0, 0.05) is 26.8 Å². The lowest BCUT2D eigenvalue weighted by Gasteiger charge is -2.12. The van der Waals surface area contributed by atoms with Crippen LogP contribution in [0.15, 0.2) is 35.5 Å². The number of nitrogens with zero attached hydrogens (tertiary/aromatic N) is 3. The number of hydrogen-bond acceptors (Lipinski definition) is 4. The van der Waals surface area contributed by atoms with Crippen molar-refractivity contribution in [3.63, 3.8) is 0 Å². The van der Waals surface area contributed by atoms with E-state index in [0.29, 0.717) is 13.3 Å². The fourth-order valence-corrected chi connectivity index (χ4v) is 2.39. The molecular formula is C16H21N5O2. The molecule has 2 N–H and O–H groups in total. The second-order valence-electron chi connectivity index (χ2n) is 5.24. The lowest BCUT2D eigenvalue weighted by atomic mass is 10.1. The van der Waals surface area contributed by atoms with Gasteiger partial charge < -0.3 is 20.1 Å². The summed E-state index contributed by atoms with van der Waals surface area (Å²) in [5, 5.41) is 10.7. The molecule has 23 heavy (non-hydrogen) atoms. The van der Waals surface area contributed by atoms with Crippen LogP contribution in [0, 0.1) is 0 Å². The van der Waals surface area contributed by atoms with Crippen LogP contribution in [0.1, 0.15) is 11.3 Å². The highest BCUT2D eigenvalue weighted by molar-refractivity contribution is 5.79. The number of ether oxygens (including phenoxy) is 2. The van der Waals surface area contributed by atoms with Crippen molar-refractivity contribution >= 4 is 5.96 Å². The van der Waals surface area contributed by atoms with E-state index in [1.807, 2.05) is 29.9 Å². The van der Waals surface area contributed by atoms with E-state index in [9.17, 15) is 0 Å². The van der Waals surface area contributed by atoms with Crippen molar-refractivity contribution in [2.75, 3.05) is 20.4 Å². The average molecular weight is 315 g/mol. The number of nitrogens with one attached hydrogen (secondary N) is 2. The molecule has 3 rings (SSSR count). The van der Waals surface area contributed by atoms with Gasteiger partial charge in [-0.15, -0.1) is 0 Å². The van der Waals surface area contributed by atoms with Crippen LogP contribution in [0.2, 0.25) is 0 Å². The van der Waals surface area contributed by atoms with Gasteiger partial charge in [-0.25, -0.2) is 0 Å². The lowest BCUT2D eigenvalue weighted by Crippen LogP contribution is -2.38. The summed E-state index contributed by atoms with van der Waals surface area (Å²) >= 11 is 0. The van der Waals surface area contributed by atoms with Crippen LogP contribution >= 0.6 is 0 Å². The Kier molecular flexibility index (Phi) is 4.65. The molecule has 1 aromatic carbocycles. The predicted octanol–water partition coefficient (Wildman–Crippen LogP) is 1.06. The SMILES string of the molecule is CN=C(NCCc1ccc2c(c1)OCO2)NCc1ccnn1C. The Morgan fingerprint density at radius 2 is 2.13 bits per heavy atom. The van der Waals surface area contributed by atoms with Crippen LogP contribution in [0.3, 0.4) is 0 Å². The minimum Gasteiger partial charge on any atom is -0.454 e. The number of fused-ring (bicyclic) bond motifs is 1. The van der Waals surface area contributed by atoms with Crippen LogP contribution in [0.25, 0.3) is 0 Å². The maximum absolute atomic E-state index is 5.39. The van der Waals surface area contributed by atoms with Crippen molar-refractivity contribution in [2.24, 2.45) is 12.0 Å². The molecular weight excluding hydrogens is 294 g/mol. The Morgan fingerprint density at radius 3 is 2.91 bits per heavy atom. The standard InChI is InChI=1S/C16H21N5O2/c1-17-16(19-10-13-6-8-20-21(13)2)18-7-5-12-3-4-14-15(9-12)23-11-22-14/h3-4,6,8-9H,5,7,10-11H2,1-2H3,(H2,17,18,19). The summed E-state index contributed by atoms with van der Waals surface area (Å²) in [4.78, 5) is 4.23. The van der Waals surface area contributed by atoms with Gasteiger partial charge in [0.2, 0.25) is 6.79 Å². The second kappa shape index (κ2) is 7.04. The van der Waals surface area contributed by atoms with E-state index in [1.165, 1.54) is 5.56 Å². The third-order valence-corrected chi connectivity index (χ3v) is 3.73. The Bertz CT molecular complexity index is 696. The quantitative estimate of drug-likeness (QED) is 0.637. The minimum atomic E-state index is 0.307. The number of aromatic nitrogens is 2. The van der Waals surface area contributed by atoms with E-state index >= 15 is 0 Å². The minimum absolute atomic E-state index is 0.307. The summed E-state index contributed by atoms with van der Waals surface area (Å²) in [6.45, 7) is 1.77.